The van der Waals surface area contributed by atoms with E-state index in [0.29, 0.717) is 31.9 Å². The monoisotopic (exact) mass is 342 g/mol. The SMILES string of the molecule is O=S1(=O)CCNCC1CCNc1cnc2cc(F)c(F)cc2n1. The summed E-state index contributed by atoms with van der Waals surface area (Å²) in [7, 11) is -3.05. The maximum atomic E-state index is 13.2. The fraction of sp³-hybridized carbons (Fsp3) is 0.429. The van der Waals surface area contributed by atoms with E-state index >= 15 is 0 Å². The fourth-order valence-electron chi connectivity index (χ4n) is 2.51. The zero-order chi connectivity index (χ0) is 16.4. The number of fused-ring (bicyclic) bond motifs is 1. The Balaban J connectivity index is 1.66. The molecule has 1 unspecified atom stereocenters. The summed E-state index contributed by atoms with van der Waals surface area (Å²) in [4.78, 5) is 8.17. The molecule has 3 rings (SSSR count). The molecule has 1 aromatic heterocycles. The van der Waals surface area contributed by atoms with E-state index in [2.05, 4.69) is 20.6 Å². The van der Waals surface area contributed by atoms with Crippen molar-refractivity contribution in [2.24, 2.45) is 0 Å². The van der Waals surface area contributed by atoms with Gasteiger partial charge in [0.05, 0.1) is 28.2 Å². The third kappa shape index (κ3) is 3.56. The Morgan fingerprint density at radius 2 is 2.00 bits per heavy atom. The van der Waals surface area contributed by atoms with Crippen molar-refractivity contribution < 1.29 is 17.2 Å². The van der Waals surface area contributed by atoms with Gasteiger partial charge in [0, 0.05) is 31.8 Å². The summed E-state index contributed by atoms with van der Waals surface area (Å²) in [5.41, 5.74) is 0.495. The molecule has 9 heteroatoms. The van der Waals surface area contributed by atoms with Gasteiger partial charge in [-0.25, -0.2) is 22.2 Å². The van der Waals surface area contributed by atoms with Gasteiger partial charge in [0.25, 0.3) is 0 Å². The molecule has 124 valence electrons. The number of halogens is 2. The van der Waals surface area contributed by atoms with Crippen LogP contribution in [0.4, 0.5) is 14.6 Å². The Hall–Kier alpha value is -1.87. The van der Waals surface area contributed by atoms with E-state index in [9.17, 15) is 17.2 Å². The number of hydrogen-bond donors (Lipinski definition) is 2. The van der Waals surface area contributed by atoms with Gasteiger partial charge in [-0.05, 0) is 6.42 Å². The minimum Gasteiger partial charge on any atom is -0.369 e. The van der Waals surface area contributed by atoms with Gasteiger partial charge in [-0.15, -0.1) is 0 Å². The lowest BCUT2D eigenvalue weighted by Gasteiger charge is -2.23. The molecular weight excluding hydrogens is 326 g/mol. The number of nitrogens with zero attached hydrogens (tertiary/aromatic N) is 2. The van der Waals surface area contributed by atoms with E-state index in [4.69, 9.17) is 0 Å². The first-order chi connectivity index (χ1) is 11.0. The van der Waals surface area contributed by atoms with Crippen LogP contribution in [0.2, 0.25) is 0 Å². The molecule has 23 heavy (non-hydrogen) atoms. The molecule has 1 aromatic carbocycles. The Morgan fingerprint density at radius 1 is 1.26 bits per heavy atom. The summed E-state index contributed by atoms with van der Waals surface area (Å²) in [6.45, 7) is 1.33. The average molecular weight is 342 g/mol. The molecule has 0 amide bonds. The molecule has 0 aliphatic carbocycles. The molecule has 0 saturated carbocycles. The largest absolute Gasteiger partial charge is 0.369 e. The zero-order valence-corrected chi connectivity index (χ0v) is 13.0. The molecule has 0 radical (unpaired) electrons. The number of anilines is 1. The van der Waals surface area contributed by atoms with Crippen LogP contribution in [0.5, 0.6) is 0 Å². The van der Waals surface area contributed by atoms with Crippen LogP contribution in [0.15, 0.2) is 18.3 Å². The molecule has 1 atom stereocenters. The van der Waals surface area contributed by atoms with Crippen molar-refractivity contribution in [3.05, 3.63) is 30.0 Å². The van der Waals surface area contributed by atoms with Gasteiger partial charge < -0.3 is 10.6 Å². The molecule has 2 aromatic rings. The Kier molecular flexibility index (Phi) is 4.40. The maximum absolute atomic E-state index is 13.2. The summed E-state index contributed by atoms with van der Waals surface area (Å²) in [5.74, 6) is -1.41. The minimum absolute atomic E-state index is 0.151. The summed E-state index contributed by atoms with van der Waals surface area (Å²) < 4.78 is 50.1. The van der Waals surface area contributed by atoms with Crippen LogP contribution in [0.25, 0.3) is 11.0 Å². The lowest BCUT2D eigenvalue weighted by atomic mass is 10.2. The van der Waals surface area contributed by atoms with Gasteiger partial charge in [-0.1, -0.05) is 0 Å². The Morgan fingerprint density at radius 3 is 2.74 bits per heavy atom. The second kappa shape index (κ2) is 6.32. The van der Waals surface area contributed by atoms with Crippen molar-refractivity contribution in [1.82, 2.24) is 15.3 Å². The molecule has 2 heterocycles. The van der Waals surface area contributed by atoms with Gasteiger partial charge in [-0.3, -0.25) is 4.98 Å². The van der Waals surface area contributed by atoms with Crippen LogP contribution in [0, 0.1) is 11.6 Å². The Labute approximate surface area is 132 Å². The molecule has 1 fully saturated rings. The molecule has 1 saturated heterocycles. The Bertz CT molecular complexity index is 829. The molecule has 0 bridgehead atoms. The highest BCUT2D eigenvalue weighted by atomic mass is 32.2. The van der Waals surface area contributed by atoms with Crippen LogP contribution in [0.3, 0.4) is 0 Å². The molecule has 1 aliphatic rings. The van der Waals surface area contributed by atoms with Crippen LogP contribution in [-0.2, 0) is 9.84 Å². The van der Waals surface area contributed by atoms with Gasteiger partial charge in [-0.2, -0.15) is 0 Å². The summed E-state index contributed by atoms with van der Waals surface area (Å²) in [6.07, 6.45) is 1.85. The first-order valence-electron chi connectivity index (χ1n) is 7.24. The summed E-state index contributed by atoms with van der Waals surface area (Å²) in [5, 5.41) is 5.61. The molecule has 0 spiro atoms. The number of rotatable bonds is 4. The number of sulfone groups is 1. The highest BCUT2D eigenvalue weighted by Gasteiger charge is 2.27. The minimum atomic E-state index is -3.05. The predicted molar refractivity (Wildman–Crippen MR) is 83.0 cm³/mol. The third-order valence-corrected chi connectivity index (χ3v) is 5.99. The van der Waals surface area contributed by atoms with E-state index in [0.717, 1.165) is 12.1 Å². The summed E-state index contributed by atoms with van der Waals surface area (Å²) >= 11 is 0. The van der Waals surface area contributed by atoms with E-state index in [1.165, 1.54) is 6.20 Å². The van der Waals surface area contributed by atoms with E-state index in [1.54, 1.807) is 0 Å². The molecular formula is C14H16F2N4O2S. The quantitative estimate of drug-likeness (QED) is 0.866. The number of aromatic nitrogens is 2. The second-order valence-electron chi connectivity index (χ2n) is 5.42. The third-order valence-electron chi connectivity index (χ3n) is 3.80. The van der Waals surface area contributed by atoms with Crippen LogP contribution < -0.4 is 10.6 Å². The van der Waals surface area contributed by atoms with Crippen molar-refractivity contribution in [2.45, 2.75) is 11.7 Å². The predicted octanol–water partition coefficient (Wildman–Crippen LogP) is 1.10. The first-order valence-corrected chi connectivity index (χ1v) is 8.95. The summed E-state index contributed by atoms with van der Waals surface area (Å²) in [6, 6.07) is 1.97. The maximum Gasteiger partial charge on any atom is 0.161 e. The van der Waals surface area contributed by atoms with Crippen molar-refractivity contribution in [2.75, 3.05) is 30.7 Å². The molecule has 6 nitrogen and oxygen atoms in total. The van der Waals surface area contributed by atoms with E-state index < -0.39 is 26.7 Å². The van der Waals surface area contributed by atoms with Gasteiger partial charge in [0.2, 0.25) is 0 Å². The van der Waals surface area contributed by atoms with E-state index in [1.807, 2.05) is 0 Å². The van der Waals surface area contributed by atoms with Gasteiger partial charge in [0.1, 0.15) is 5.82 Å². The molecule has 1 aliphatic heterocycles. The van der Waals surface area contributed by atoms with Crippen LogP contribution >= 0.6 is 0 Å². The van der Waals surface area contributed by atoms with Crippen molar-refractivity contribution in [1.29, 1.82) is 0 Å². The lowest BCUT2D eigenvalue weighted by Crippen LogP contribution is -2.44. The van der Waals surface area contributed by atoms with Gasteiger partial charge in [0.15, 0.2) is 21.5 Å². The topological polar surface area (TPSA) is 84.0 Å². The number of benzene rings is 1. The smallest absolute Gasteiger partial charge is 0.161 e. The number of hydrogen-bond acceptors (Lipinski definition) is 6. The first kappa shape index (κ1) is 16.0. The van der Waals surface area contributed by atoms with Crippen molar-refractivity contribution >= 4 is 26.7 Å². The van der Waals surface area contributed by atoms with E-state index in [-0.39, 0.29) is 16.8 Å². The fourth-order valence-corrected chi connectivity index (χ4v) is 4.12. The number of nitrogens with one attached hydrogen (secondary N) is 2. The average Bonchev–Trinajstić information content (AvgIpc) is 2.50. The standard InChI is InChI=1S/C14H16F2N4O2S/c15-10-5-12-13(6-11(10)16)20-14(8-19-12)18-2-1-9-7-17-3-4-23(9,21)22/h5-6,8-9,17H,1-4,7H2,(H,18,20). The highest BCUT2D eigenvalue weighted by Crippen LogP contribution is 2.17. The highest BCUT2D eigenvalue weighted by molar-refractivity contribution is 7.92. The molecule has 2 N–H and O–H groups in total. The second-order valence-corrected chi connectivity index (χ2v) is 7.82. The van der Waals surface area contributed by atoms with Crippen molar-refractivity contribution in [3.63, 3.8) is 0 Å². The normalized spacial score (nSPS) is 20.5. The van der Waals surface area contributed by atoms with Crippen LogP contribution in [-0.4, -0.2) is 49.0 Å². The van der Waals surface area contributed by atoms with Crippen molar-refractivity contribution in [3.8, 4) is 0 Å². The van der Waals surface area contributed by atoms with Gasteiger partial charge >= 0.3 is 0 Å². The van der Waals surface area contributed by atoms with Crippen LogP contribution in [0.1, 0.15) is 6.42 Å². The zero-order valence-electron chi connectivity index (χ0n) is 12.2. The lowest BCUT2D eigenvalue weighted by molar-refractivity contribution is 0.510.